The van der Waals surface area contributed by atoms with Crippen LogP contribution in [0.4, 0.5) is 0 Å². The minimum Gasteiger partial charge on any atom is -0.390 e. The Bertz CT molecular complexity index is 318. The lowest BCUT2D eigenvalue weighted by Gasteiger charge is -2.50. The number of rotatable bonds is 1. The molecule has 19 heavy (non-hydrogen) atoms. The third-order valence-corrected chi connectivity index (χ3v) is 6.55. The summed E-state index contributed by atoms with van der Waals surface area (Å²) >= 11 is 0. The summed E-state index contributed by atoms with van der Waals surface area (Å²) in [6.07, 6.45) is 10.1. The molecule has 2 aliphatic carbocycles. The molecule has 2 heteroatoms. The topological polar surface area (TPSA) is 23.5 Å². The van der Waals surface area contributed by atoms with Crippen LogP contribution in [0.5, 0.6) is 0 Å². The highest BCUT2D eigenvalue weighted by Crippen LogP contribution is 2.42. The third kappa shape index (κ3) is 2.71. The first-order valence-corrected chi connectivity index (χ1v) is 8.55. The molecule has 0 aromatic carbocycles. The van der Waals surface area contributed by atoms with Crippen LogP contribution in [0.15, 0.2) is 0 Å². The molecule has 3 aliphatic rings. The molecule has 110 valence electrons. The Hall–Kier alpha value is -0.0800. The summed E-state index contributed by atoms with van der Waals surface area (Å²) in [7, 11) is 0. The quantitative estimate of drug-likeness (QED) is 0.785. The van der Waals surface area contributed by atoms with Crippen LogP contribution in [-0.4, -0.2) is 34.7 Å². The molecule has 1 N–H and O–H groups in total. The normalized spacial score (nSPS) is 48.8. The van der Waals surface area contributed by atoms with Crippen molar-refractivity contribution in [2.45, 2.75) is 76.9 Å². The molecule has 0 radical (unpaired) electrons. The molecule has 1 aliphatic heterocycles. The summed E-state index contributed by atoms with van der Waals surface area (Å²) in [6.45, 7) is 7.15. The SMILES string of the molecule is CC1CCC(N2CCC3(O)CCCCC3C2)CC1C. The van der Waals surface area contributed by atoms with Crippen LogP contribution >= 0.6 is 0 Å². The van der Waals surface area contributed by atoms with Gasteiger partial charge in [0.15, 0.2) is 0 Å². The fourth-order valence-corrected chi connectivity index (χ4v) is 4.78. The Kier molecular flexibility index (Phi) is 3.92. The summed E-state index contributed by atoms with van der Waals surface area (Å²) in [6, 6.07) is 0.803. The van der Waals surface area contributed by atoms with Crippen LogP contribution in [0.25, 0.3) is 0 Å². The maximum Gasteiger partial charge on any atom is 0.0700 e. The molecule has 0 amide bonds. The van der Waals surface area contributed by atoms with Crippen molar-refractivity contribution in [3.8, 4) is 0 Å². The Morgan fingerprint density at radius 3 is 2.63 bits per heavy atom. The zero-order valence-corrected chi connectivity index (χ0v) is 12.8. The fraction of sp³-hybridized carbons (Fsp3) is 1.00. The fourth-order valence-electron chi connectivity index (χ4n) is 4.78. The van der Waals surface area contributed by atoms with Gasteiger partial charge in [-0.05, 0) is 50.4 Å². The molecular weight excluding hydrogens is 234 g/mol. The lowest BCUT2D eigenvalue weighted by Crippen LogP contribution is -2.56. The van der Waals surface area contributed by atoms with Crippen molar-refractivity contribution < 1.29 is 5.11 Å². The number of likely N-dealkylation sites (tertiary alicyclic amines) is 1. The Morgan fingerprint density at radius 1 is 1.00 bits per heavy atom. The van der Waals surface area contributed by atoms with E-state index in [1.54, 1.807) is 0 Å². The number of hydrogen-bond acceptors (Lipinski definition) is 2. The highest BCUT2D eigenvalue weighted by molar-refractivity contribution is 4.97. The van der Waals surface area contributed by atoms with E-state index in [2.05, 4.69) is 18.7 Å². The van der Waals surface area contributed by atoms with Gasteiger partial charge in [-0.15, -0.1) is 0 Å². The van der Waals surface area contributed by atoms with E-state index in [9.17, 15) is 5.11 Å². The summed E-state index contributed by atoms with van der Waals surface area (Å²) in [5.74, 6) is 2.35. The maximum atomic E-state index is 10.8. The molecule has 0 spiro atoms. The molecule has 1 saturated heterocycles. The summed E-state index contributed by atoms with van der Waals surface area (Å²) in [4.78, 5) is 2.73. The molecule has 1 heterocycles. The zero-order chi connectivity index (χ0) is 13.5. The van der Waals surface area contributed by atoms with Crippen LogP contribution in [0.2, 0.25) is 0 Å². The van der Waals surface area contributed by atoms with Crippen LogP contribution in [0.1, 0.15) is 65.2 Å². The number of hydrogen-bond donors (Lipinski definition) is 1. The molecular formula is C17H31NO. The second kappa shape index (κ2) is 5.37. The zero-order valence-electron chi connectivity index (χ0n) is 12.8. The summed E-state index contributed by atoms with van der Waals surface area (Å²) in [5, 5.41) is 10.8. The molecule has 3 rings (SSSR count). The van der Waals surface area contributed by atoms with Gasteiger partial charge in [0.2, 0.25) is 0 Å². The average Bonchev–Trinajstić information content (AvgIpc) is 2.41. The first-order valence-electron chi connectivity index (χ1n) is 8.55. The van der Waals surface area contributed by atoms with E-state index in [-0.39, 0.29) is 5.60 Å². The summed E-state index contributed by atoms with van der Waals surface area (Å²) in [5.41, 5.74) is -0.303. The van der Waals surface area contributed by atoms with E-state index in [0.29, 0.717) is 5.92 Å². The van der Waals surface area contributed by atoms with Gasteiger partial charge >= 0.3 is 0 Å². The van der Waals surface area contributed by atoms with Crippen LogP contribution in [-0.2, 0) is 0 Å². The molecule has 0 bridgehead atoms. The van der Waals surface area contributed by atoms with Gasteiger partial charge in [0, 0.05) is 25.0 Å². The van der Waals surface area contributed by atoms with E-state index < -0.39 is 0 Å². The van der Waals surface area contributed by atoms with E-state index >= 15 is 0 Å². The smallest absolute Gasteiger partial charge is 0.0700 e. The highest BCUT2D eigenvalue weighted by Gasteiger charge is 2.44. The van der Waals surface area contributed by atoms with Crippen molar-refractivity contribution in [3.63, 3.8) is 0 Å². The van der Waals surface area contributed by atoms with Gasteiger partial charge in [-0.3, -0.25) is 4.90 Å². The van der Waals surface area contributed by atoms with Gasteiger partial charge in [0.05, 0.1) is 5.60 Å². The number of fused-ring (bicyclic) bond motifs is 1. The second-order valence-corrected chi connectivity index (χ2v) is 7.71. The van der Waals surface area contributed by atoms with Crippen LogP contribution < -0.4 is 0 Å². The number of nitrogens with zero attached hydrogens (tertiary/aromatic N) is 1. The Morgan fingerprint density at radius 2 is 1.84 bits per heavy atom. The van der Waals surface area contributed by atoms with Crippen molar-refractivity contribution in [1.29, 1.82) is 0 Å². The van der Waals surface area contributed by atoms with Gasteiger partial charge in [-0.25, -0.2) is 0 Å². The molecule has 2 saturated carbocycles. The van der Waals surface area contributed by atoms with Crippen molar-refractivity contribution >= 4 is 0 Å². The highest BCUT2D eigenvalue weighted by atomic mass is 16.3. The van der Waals surface area contributed by atoms with Crippen LogP contribution in [0.3, 0.4) is 0 Å². The predicted molar refractivity (Wildman–Crippen MR) is 79.1 cm³/mol. The maximum absolute atomic E-state index is 10.8. The van der Waals surface area contributed by atoms with Crippen molar-refractivity contribution in [2.75, 3.05) is 13.1 Å². The number of piperidine rings is 1. The Labute approximate surface area is 118 Å². The van der Waals surface area contributed by atoms with E-state index in [0.717, 1.165) is 37.3 Å². The average molecular weight is 265 g/mol. The Balaban J connectivity index is 1.61. The van der Waals surface area contributed by atoms with E-state index in [4.69, 9.17) is 0 Å². The van der Waals surface area contributed by atoms with Gasteiger partial charge in [0.25, 0.3) is 0 Å². The minimum absolute atomic E-state index is 0.303. The second-order valence-electron chi connectivity index (χ2n) is 7.71. The summed E-state index contributed by atoms with van der Waals surface area (Å²) < 4.78 is 0. The molecule has 3 fully saturated rings. The van der Waals surface area contributed by atoms with Crippen LogP contribution in [0, 0.1) is 17.8 Å². The monoisotopic (exact) mass is 265 g/mol. The minimum atomic E-state index is -0.303. The largest absolute Gasteiger partial charge is 0.390 e. The third-order valence-electron chi connectivity index (χ3n) is 6.55. The standard InChI is InChI=1S/C17H31NO/c1-13-6-7-16(11-14(13)2)18-10-9-17(19)8-4-3-5-15(17)12-18/h13-16,19H,3-12H2,1-2H3. The van der Waals surface area contributed by atoms with Gasteiger partial charge in [-0.1, -0.05) is 26.7 Å². The van der Waals surface area contributed by atoms with Crippen molar-refractivity contribution in [2.24, 2.45) is 17.8 Å². The molecule has 2 nitrogen and oxygen atoms in total. The first-order chi connectivity index (χ1) is 9.08. The number of aliphatic hydroxyl groups is 1. The van der Waals surface area contributed by atoms with Gasteiger partial charge in [0.1, 0.15) is 0 Å². The van der Waals surface area contributed by atoms with Crippen molar-refractivity contribution in [3.05, 3.63) is 0 Å². The molecule has 0 aromatic heterocycles. The first kappa shape index (κ1) is 13.9. The lowest BCUT2D eigenvalue weighted by molar-refractivity contribution is -0.107. The van der Waals surface area contributed by atoms with E-state index in [1.807, 2.05) is 0 Å². The molecule has 0 aromatic rings. The van der Waals surface area contributed by atoms with Gasteiger partial charge < -0.3 is 5.11 Å². The van der Waals surface area contributed by atoms with Gasteiger partial charge in [-0.2, -0.15) is 0 Å². The van der Waals surface area contributed by atoms with E-state index in [1.165, 1.54) is 45.1 Å². The molecule has 5 unspecified atom stereocenters. The predicted octanol–water partition coefficient (Wildman–Crippen LogP) is 3.44. The lowest BCUT2D eigenvalue weighted by atomic mass is 9.70. The van der Waals surface area contributed by atoms with Crippen molar-refractivity contribution in [1.82, 2.24) is 4.90 Å². The molecule has 5 atom stereocenters.